The van der Waals surface area contributed by atoms with E-state index >= 15 is 0 Å². The number of hydrogen-bond donors (Lipinski definition) is 2. The summed E-state index contributed by atoms with van der Waals surface area (Å²) in [7, 11) is -2.49. The number of benzene rings is 2. The van der Waals surface area contributed by atoms with Gasteiger partial charge in [0.05, 0.1) is 17.8 Å². The van der Waals surface area contributed by atoms with Crippen molar-refractivity contribution in [2.75, 3.05) is 17.6 Å². The Kier molecular flexibility index (Phi) is 4.51. The lowest BCUT2D eigenvalue weighted by Crippen LogP contribution is -2.14. The Labute approximate surface area is 132 Å². The first-order valence-electron chi connectivity index (χ1n) is 5.75. The van der Waals surface area contributed by atoms with Crippen molar-refractivity contribution in [2.24, 2.45) is 0 Å². The van der Waals surface area contributed by atoms with E-state index in [-0.39, 0.29) is 20.6 Å². The van der Waals surface area contributed by atoms with Crippen LogP contribution in [0.2, 0.25) is 10.0 Å². The molecule has 0 heterocycles. The summed E-state index contributed by atoms with van der Waals surface area (Å²) in [5, 5.41) is 0.328. The van der Waals surface area contributed by atoms with Crippen molar-refractivity contribution in [1.29, 1.82) is 0 Å². The second-order valence-electron chi connectivity index (χ2n) is 4.14. The summed E-state index contributed by atoms with van der Waals surface area (Å²) >= 11 is 11.7. The van der Waals surface area contributed by atoms with E-state index in [0.29, 0.717) is 11.4 Å². The van der Waals surface area contributed by atoms with Crippen molar-refractivity contribution >= 4 is 44.6 Å². The van der Waals surface area contributed by atoms with E-state index in [1.54, 1.807) is 12.1 Å². The highest BCUT2D eigenvalue weighted by Gasteiger charge is 2.20. The largest absolute Gasteiger partial charge is 0.495 e. The summed E-state index contributed by atoms with van der Waals surface area (Å²) < 4.78 is 32.3. The van der Waals surface area contributed by atoms with Crippen molar-refractivity contribution < 1.29 is 13.2 Å². The number of nitrogen functional groups attached to an aromatic ring is 1. The van der Waals surface area contributed by atoms with E-state index < -0.39 is 10.0 Å². The number of nitrogens with one attached hydrogen (secondary N) is 1. The predicted octanol–water partition coefficient (Wildman–Crippen LogP) is 3.39. The summed E-state index contributed by atoms with van der Waals surface area (Å²) in [4.78, 5) is -0.124. The zero-order chi connectivity index (χ0) is 15.6. The van der Waals surface area contributed by atoms with Crippen LogP contribution in [0.15, 0.2) is 41.3 Å². The van der Waals surface area contributed by atoms with Crippen LogP contribution in [0.5, 0.6) is 5.75 Å². The Morgan fingerprint density at radius 2 is 1.86 bits per heavy atom. The van der Waals surface area contributed by atoms with Crippen LogP contribution in [0.1, 0.15) is 0 Å². The van der Waals surface area contributed by atoms with E-state index in [0.717, 1.165) is 0 Å². The Bertz CT molecular complexity index is 779. The molecule has 8 heteroatoms. The third kappa shape index (κ3) is 3.53. The molecule has 0 aliphatic carbocycles. The normalized spacial score (nSPS) is 11.2. The van der Waals surface area contributed by atoms with Gasteiger partial charge in [-0.2, -0.15) is 0 Å². The molecular weight excluding hydrogens is 335 g/mol. The molecule has 112 valence electrons. The second kappa shape index (κ2) is 6.01. The number of methoxy groups -OCH3 is 1. The molecule has 0 atom stereocenters. The molecular formula is C13H12Cl2N2O3S. The number of nitrogens with two attached hydrogens (primary N) is 1. The first-order chi connectivity index (χ1) is 9.83. The molecule has 0 unspecified atom stereocenters. The van der Waals surface area contributed by atoms with Gasteiger partial charge in [-0.05, 0) is 36.4 Å². The molecule has 0 saturated carbocycles. The zero-order valence-corrected chi connectivity index (χ0v) is 13.3. The van der Waals surface area contributed by atoms with Crippen molar-refractivity contribution in [3.8, 4) is 5.75 Å². The SMILES string of the molecule is COc1ccc(N)cc1NS(=O)(=O)c1cc(Cl)ccc1Cl. The van der Waals surface area contributed by atoms with Crippen molar-refractivity contribution in [3.63, 3.8) is 0 Å². The Morgan fingerprint density at radius 3 is 2.52 bits per heavy atom. The van der Waals surface area contributed by atoms with Crippen molar-refractivity contribution in [1.82, 2.24) is 0 Å². The quantitative estimate of drug-likeness (QED) is 0.831. The van der Waals surface area contributed by atoms with Gasteiger partial charge in [0.1, 0.15) is 10.6 Å². The topological polar surface area (TPSA) is 81.4 Å². The number of anilines is 2. The lowest BCUT2D eigenvalue weighted by atomic mass is 10.2. The average molecular weight is 347 g/mol. The lowest BCUT2D eigenvalue weighted by Gasteiger charge is -2.13. The second-order valence-corrected chi connectivity index (χ2v) is 6.63. The van der Waals surface area contributed by atoms with E-state index in [1.165, 1.54) is 31.4 Å². The fraction of sp³-hybridized carbons (Fsp3) is 0.0769. The summed E-state index contributed by atoms with van der Waals surface area (Å²) in [6.07, 6.45) is 0. The van der Waals surface area contributed by atoms with Crippen molar-refractivity contribution in [2.45, 2.75) is 4.90 Å². The highest BCUT2D eigenvalue weighted by Crippen LogP contribution is 2.31. The molecule has 3 N–H and O–H groups in total. The number of ether oxygens (including phenoxy) is 1. The standard InChI is InChI=1S/C13H12Cl2N2O3S/c1-20-12-5-3-9(16)7-11(12)17-21(18,19)13-6-8(14)2-4-10(13)15/h2-7,17H,16H2,1H3. The Balaban J connectivity index is 2.47. The highest BCUT2D eigenvalue weighted by molar-refractivity contribution is 7.92. The van der Waals surface area contributed by atoms with E-state index in [4.69, 9.17) is 33.7 Å². The first-order valence-corrected chi connectivity index (χ1v) is 7.99. The summed E-state index contributed by atoms with van der Waals surface area (Å²) in [5.74, 6) is 0.339. The zero-order valence-electron chi connectivity index (χ0n) is 10.9. The average Bonchev–Trinajstić information content (AvgIpc) is 2.41. The monoisotopic (exact) mass is 346 g/mol. The fourth-order valence-corrected chi connectivity index (χ4v) is 3.51. The maximum atomic E-state index is 12.4. The van der Waals surface area contributed by atoms with E-state index in [1.807, 2.05) is 0 Å². The molecule has 21 heavy (non-hydrogen) atoms. The smallest absolute Gasteiger partial charge is 0.263 e. The number of halogens is 2. The molecule has 0 aliphatic rings. The van der Waals surface area contributed by atoms with Crippen LogP contribution >= 0.6 is 23.2 Å². The van der Waals surface area contributed by atoms with Crippen LogP contribution in [0, 0.1) is 0 Å². The summed E-state index contributed by atoms with van der Waals surface area (Å²) in [6, 6.07) is 8.80. The van der Waals surface area contributed by atoms with Gasteiger partial charge in [-0.25, -0.2) is 8.42 Å². The molecule has 2 aromatic rings. The van der Waals surface area contributed by atoms with E-state index in [9.17, 15) is 8.42 Å². The third-order valence-corrected chi connectivity index (χ3v) is 4.73. The minimum Gasteiger partial charge on any atom is -0.495 e. The van der Waals surface area contributed by atoms with Crippen LogP contribution in [0.3, 0.4) is 0 Å². The number of rotatable bonds is 4. The highest BCUT2D eigenvalue weighted by atomic mass is 35.5. The molecule has 0 aromatic heterocycles. The minimum atomic E-state index is -3.92. The Hall–Kier alpha value is -1.63. The summed E-state index contributed by atoms with van der Waals surface area (Å²) in [6.45, 7) is 0. The van der Waals surface area contributed by atoms with Gasteiger partial charge in [-0.15, -0.1) is 0 Å². The number of hydrogen-bond acceptors (Lipinski definition) is 4. The number of sulfonamides is 1. The van der Waals surface area contributed by atoms with Gasteiger partial charge in [-0.3, -0.25) is 4.72 Å². The lowest BCUT2D eigenvalue weighted by molar-refractivity contribution is 0.417. The predicted molar refractivity (Wildman–Crippen MR) is 84.7 cm³/mol. The minimum absolute atomic E-state index is 0.0646. The molecule has 0 saturated heterocycles. The molecule has 0 spiro atoms. The van der Waals surface area contributed by atoms with Crippen LogP contribution in [-0.4, -0.2) is 15.5 Å². The molecule has 2 rings (SSSR count). The molecule has 5 nitrogen and oxygen atoms in total. The van der Waals surface area contributed by atoms with Crippen LogP contribution in [-0.2, 0) is 10.0 Å². The van der Waals surface area contributed by atoms with Gasteiger partial charge in [0.25, 0.3) is 10.0 Å². The fourth-order valence-electron chi connectivity index (χ4n) is 1.69. The molecule has 0 amide bonds. The van der Waals surface area contributed by atoms with Gasteiger partial charge >= 0.3 is 0 Å². The third-order valence-electron chi connectivity index (χ3n) is 2.65. The maximum Gasteiger partial charge on any atom is 0.263 e. The Morgan fingerprint density at radius 1 is 1.14 bits per heavy atom. The van der Waals surface area contributed by atoms with Gasteiger partial charge in [0.15, 0.2) is 0 Å². The molecule has 0 fully saturated rings. The van der Waals surface area contributed by atoms with Gasteiger partial charge in [-0.1, -0.05) is 23.2 Å². The van der Waals surface area contributed by atoms with E-state index in [2.05, 4.69) is 4.72 Å². The molecule has 0 radical (unpaired) electrons. The maximum absolute atomic E-state index is 12.4. The van der Waals surface area contributed by atoms with Gasteiger partial charge < -0.3 is 10.5 Å². The van der Waals surface area contributed by atoms with Crippen LogP contribution in [0.4, 0.5) is 11.4 Å². The van der Waals surface area contributed by atoms with Crippen LogP contribution in [0.25, 0.3) is 0 Å². The molecule has 2 aromatic carbocycles. The van der Waals surface area contributed by atoms with Crippen LogP contribution < -0.4 is 15.2 Å². The van der Waals surface area contributed by atoms with Gasteiger partial charge in [0.2, 0.25) is 0 Å². The molecule has 0 aliphatic heterocycles. The van der Waals surface area contributed by atoms with Crippen molar-refractivity contribution in [3.05, 3.63) is 46.4 Å². The molecule has 0 bridgehead atoms. The summed E-state index contributed by atoms with van der Waals surface area (Å²) in [5.41, 5.74) is 6.27. The first kappa shape index (κ1) is 15.8. The van der Waals surface area contributed by atoms with Gasteiger partial charge in [0, 0.05) is 10.7 Å².